The normalized spacial score (nSPS) is 17.7. The van der Waals surface area contributed by atoms with Crippen LogP contribution in [0.2, 0.25) is 0 Å². The lowest BCUT2D eigenvalue weighted by Gasteiger charge is -2.44. The van der Waals surface area contributed by atoms with Gasteiger partial charge in [-0.3, -0.25) is 0 Å². The molecule has 0 aliphatic carbocycles. The molecule has 1 saturated heterocycles. The number of unbranched alkanes of at least 4 members (excludes halogenated alkanes) is 1. The number of rotatable bonds is 10. The first kappa shape index (κ1) is 30.0. The predicted molar refractivity (Wildman–Crippen MR) is 132 cm³/mol. The van der Waals surface area contributed by atoms with Gasteiger partial charge in [-0.2, -0.15) is 13.2 Å². The average Bonchev–Trinajstić information content (AvgIpc) is 2.75. The Morgan fingerprint density at radius 2 is 1.81 bits per heavy atom. The van der Waals surface area contributed by atoms with E-state index in [0.29, 0.717) is 18.4 Å². The molecular weight excluding hydrogens is 475 g/mol. The molecule has 0 saturated carbocycles. The summed E-state index contributed by atoms with van der Waals surface area (Å²) in [4.78, 5) is 12.5. The first-order chi connectivity index (χ1) is 16.6. The molecule has 0 aromatic heterocycles. The predicted octanol–water partition coefficient (Wildman–Crippen LogP) is 6.81. The van der Waals surface area contributed by atoms with Crippen LogP contribution in [0.4, 0.5) is 18.0 Å². The summed E-state index contributed by atoms with van der Waals surface area (Å²) in [6, 6.07) is 4.10. The van der Waals surface area contributed by atoms with Gasteiger partial charge in [-0.05, 0) is 84.4 Å². The number of allylic oxidation sites excluding steroid dienone is 2. The number of ether oxygens (including phenoxy) is 4. The highest BCUT2D eigenvalue weighted by atomic mass is 19.4. The van der Waals surface area contributed by atoms with Crippen molar-refractivity contribution in [1.82, 2.24) is 5.32 Å². The van der Waals surface area contributed by atoms with E-state index in [9.17, 15) is 18.0 Å². The molecule has 1 amide bonds. The molecule has 0 unspecified atom stereocenters. The van der Waals surface area contributed by atoms with Gasteiger partial charge in [0.1, 0.15) is 11.4 Å². The van der Waals surface area contributed by atoms with Crippen LogP contribution in [0.25, 0.3) is 0 Å². The molecule has 0 atom stereocenters. The van der Waals surface area contributed by atoms with Gasteiger partial charge >= 0.3 is 12.3 Å². The van der Waals surface area contributed by atoms with Crippen LogP contribution in [-0.2, 0) is 26.8 Å². The van der Waals surface area contributed by atoms with Crippen LogP contribution in [0.1, 0.15) is 78.4 Å². The van der Waals surface area contributed by atoms with Crippen LogP contribution in [0.5, 0.6) is 5.75 Å². The second-order valence-corrected chi connectivity index (χ2v) is 10.6. The van der Waals surface area contributed by atoms with Crippen molar-refractivity contribution in [2.45, 2.75) is 96.7 Å². The summed E-state index contributed by atoms with van der Waals surface area (Å²) in [6.07, 6.45) is 1.68. The van der Waals surface area contributed by atoms with E-state index in [4.69, 9.17) is 18.9 Å². The van der Waals surface area contributed by atoms with E-state index in [0.717, 1.165) is 18.9 Å². The lowest BCUT2D eigenvalue weighted by molar-refractivity contribution is -0.271. The monoisotopic (exact) mass is 515 g/mol. The summed E-state index contributed by atoms with van der Waals surface area (Å²) in [5, 5.41) is 2.84. The Morgan fingerprint density at radius 1 is 1.14 bits per heavy atom. The number of carbonyl (C=O) groups is 1. The summed E-state index contributed by atoms with van der Waals surface area (Å²) in [5.74, 6) is -1.01. The highest BCUT2D eigenvalue weighted by molar-refractivity contribution is 5.69. The number of aryl methyl sites for hydroxylation is 1. The fraction of sp³-hybridized carbons (Fsp3) is 0.667. The zero-order chi connectivity index (χ0) is 27.0. The number of amides is 1. The van der Waals surface area contributed by atoms with Gasteiger partial charge in [-0.25, -0.2) is 4.79 Å². The number of hydrogen-bond acceptors (Lipinski definition) is 5. The van der Waals surface area contributed by atoms with Crippen molar-refractivity contribution in [3.63, 3.8) is 0 Å². The van der Waals surface area contributed by atoms with E-state index < -0.39 is 34.8 Å². The minimum Gasteiger partial charge on any atom is -0.493 e. The van der Waals surface area contributed by atoms with Gasteiger partial charge in [-0.1, -0.05) is 25.1 Å². The highest BCUT2D eigenvalue weighted by Gasteiger charge is 2.42. The first-order valence-corrected chi connectivity index (χ1v) is 12.4. The molecule has 2 rings (SSSR count). The Bertz CT molecular complexity index is 880. The first-order valence-electron chi connectivity index (χ1n) is 12.4. The molecule has 1 fully saturated rings. The minimum absolute atomic E-state index is 0.138. The second kappa shape index (κ2) is 12.3. The molecule has 36 heavy (non-hydrogen) atoms. The van der Waals surface area contributed by atoms with Crippen molar-refractivity contribution in [3.8, 4) is 5.75 Å². The molecule has 1 aliphatic rings. The second-order valence-electron chi connectivity index (χ2n) is 10.6. The van der Waals surface area contributed by atoms with Crippen LogP contribution in [-0.4, -0.2) is 42.8 Å². The summed E-state index contributed by atoms with van der Waals surface area (Å²) in [6.45, 7) is 11.3. The summed E-state index contributed by atoms with van der Waals surface area (Å²) >= 11 is 0. The molecule has 0 radical (unpaired) electrons. The molecule has 9 heteroatoms. The molecule has 6 nitrogen and oxygen atoms in total. The molecule has 1 aromatic rings. The lowest BCUT2D eigenvalue weighted by Crippen LogP contribution is -2.61. The van der Waals surface area contributed by atoms with Crippen molar-refractivity contribution in [2.75, 3.05) is 19.8 Å². The molecule has 1 aromatic carbocycles. The summed E-state index contributed by atoms with van der Waals surface area (Å²) < 4.78 is 63.8. The Labute approximate surface area is 212 Å². The fourth-order valence-corrected chi connectivity index (χ4v) is 3.64. The third-order valence-corrected chi connectivity index (χ3v) is 5.57. The molecule has 1 heterocycles. The minimum atomic E-state index is -4.55. The third-order valence-electron chi connectivity index (χ3n) is 5.57. The summed E-state index contributed by atoms with van der Waals surface area (Å²) in [7, 11) is 0. The van der Waals surface area contributed by atoms with Gasteiger partial charge in [0.25, 0.3) is 0 Å². The Kier molecular flexibility index (Phi) is 10.3. The van der Waals surface area contributed by atoms with Crippen LogP contribution in [0.3, 0.4) is 0 Å². The quantitative estimate of drug-likeness (QED) is 0.274. The molecule has 1 N–H and O–H groups in total. The molecule has 0 spiro atoms. The van der Waals surface area contributed by atoms with E-state index in [1.807, 2.05) is 19.1 Å². The highest BCUT2D eigenvalue weighted by Crippen LogP contribution is 2.37. The van der Waals surface area contributed by atoms with Gasteiger partial charge in [0.2, 0.25) is 0 Å². The lowest BCUT2D eigenvalue weighted by atomic mass is 9.91. The number of alkyl halides is 3. The van der Waals surface area contributed by atoms with E-state index in [1.54, 1.807) is 40.7 Å². The zero-order valence-corrected chi connectivity index (χ0v) is 22.2. The van der Waals surface area contributed by atoms with Crippen molar-refractivity contribution in [1.29, 1.82) is 0 Å². The molecule has 204 valence electrons. The maximum Gasteiger partial charge on any atom is 0.419 e. The van der Waals surface area contributed by atoms with Crippen molar-refractivity contribution in [3.05, 3.63) is 41.5 Å². The number of halogens is 3. The summed E-state index contributed by atoms with van der Waals surface area (Å²) in [5.41, 5.74) is -1.99. The van der Waals surface area contributed by atoms with Gasteiger partial charge in [0.15, 0.2) is 5.79 Å². The van der Waals surface area contributed by atoms with Crippen LogP contribution in [0, 0.1) is 0 Å². The van der Waals surface area contributed by atoms with E-state index in [-0.39, 0.29) is 32.0 Å². The Balaban J connectivity index is 2.14. The maximum absolute atomic E-state index is 13.8. The molecule has 1 aliphatic heterocycles. The topological polar surface area (TPSA) is 66.0 Å². The number of alkyl carbamates (subject to hydrolysis) is 1. The van der Waals surface area contributed by atoms with Crippen LogP contribution < -0.4 is 10.1 Å². The van der Waals surface area contributed by atoms with Crippen molar-refractivity contribution in [2.24, 2.45) is 0 Å². The smallest absolute Gasteiger partial charge is 0.419 e. The third kappa shape index (κ3) is 10.0. The molecule has 0 bridgehead atoms. The van der Waals surface area contributed by atoms with Crippen LogP contribution >= 0.6 is 0 Å². The Hall–Kier alpha value is -2.26. The van der Waals surface area contributed by atoms with Gasteiger partial charge in [0, 0.05) is 0 Å². The number of nitrogens with one attached hydrogen (secondary N) is 1. The van der Waals surface area contributed by atoms with Gasteiger partial charge in [-0.15, -0.1) is 0 Å². The van der Waals surface area contributed by atoms with Gasteiger partial charge in [0.05, 0.1) is 30.9 Å². The van der Waals surface area contributed by atoms with Crippen molar-refractivity contribution < 1.29 is 36.9 Å². The fourth-order valence-electron chi connectivity index (χ4n) is 3.64. The van der Waals surface area contributed by atoms with E-state index in [1.165, 1.54) is 6.07 Å². The average molecular weight is 516 g/mol. The number of carbonyl (C=O) groups excluding carboxylic acids is 1. The largest absolute Gasteiger partial charge is 0.493 e. The maximum atomic E-state index is 13.8. The molecular formula is C27H40F3NO5. The number of hydrogen-bond donors (Lipinski definition) is 1. The SMILES string of the molecule is CC/C=C\CCCOc1ccc(CCC2(NC(=O)OC(C)(C)C)COC(C)(C)OC2)cc1C(F)(F)F. The van der Waals surface area contributed by atoms with Crippen LogP contribution in [0.15, 0.2) is 30.4 Å². The standard InChI is InChI=1S/C27H40F3NO5/c1-7-8-9-10-11-16-33-22-13-12-20(17-21(22)27(28,29)30)14-15-26(18-34-25(5,6)35-19-26)31-23(32)36-24(2,3)4/h8-9,12-13,17H,7,10-11,14-16,18-19H2,1-6H3,(H,31,32)/b9-8-. The van der Waals surface area contributed by atoms with Gasteiger partial charge < -0.3 is 24.3 Å². The van der Waals surface area contributed by atoms with E-state index >= 15 is 0 Å². The Morgan fingerprint density at radius 3 is 2.39 bits per heavy atom. The number of benzene rings is 1. The van der Waals surface area contributed by atoms with Crippen molar-refractivity contribution >= 4 is 6.09 Å². The zero-order valence-electron chi connectivity index (χ0n) is 22.2. The van der Waals surface area contributed by atoms with E-state index in [2.05, 4.69) is 5.32 Å².